The Morgan fingerprint density at radius 2 is 1.53 bits per heavy atom. The van der Waals surface area contributed by atoms with Crippen molar-refractivity contribution in [2.75, 3.05) is 4.90 Å². The van der Waals surface area contributed by atoms with E-state index in [-0.39, 0.29) is 11.4 Å². The van der Waals surface area contributed by atoms with Gasteiger partial charge in [0.15, 0.2) is 0 Å². The third-order valence-electron chi connectivity index (χ3n) is 4.63. The second-order valence-corrected chi connectivity index (χ2v) is 6.48. The van der Waals surface area contributed by atoms with Crippen LogP contribution < -0.4 is 4.90 Å². The van der Waals surface area contributed by atoms with Crippen molar-refractivity contribution in [3.63, 3.8) is 0 Å². The Labute approximate surface area is 166 Å². The van der Waals surface area contributed by atoms with E-state index in [2.05, 4.69) is 15.2 Å². The van der Waals surface area contributed by atoms with Crippen molar-refractivity contribution in [3.05, 3.63) is 83.4 Å². The highest BCUT2D eigenvalue weighted by Crippen LogP contribution is 2.44. The number of anilines is 2. The number of hydrogen-bond acceptors (Lipinski definition) is 4. The van der Waals surface area contributed by atoms with E-state index in [4.69, 9.17) is 0 Å². The fourth-order valence-electron chi connectivity index (χ4n) is 3.30. The number of benzene rings is 1. The molecule has 4 rings (SSSR count). The van der Waals surface area contributed by atoms with Crippen LogP contribution in [0.5, 0.6) is 0 Å². The highest BCUT2D eigenvalue weighted by molar-refractivity contribution is 5.78. The number of hydrogen-bond donors (Lipinski definition) is 0. The predicted molar refractivity (Wildman–Crippen MR) is 96.6 cm³/mol. The SMILES string of the molecule is FC(F)(F)c1ccc(N2c3cnncc3C=CC2c2ncccc2C(F)(F)F)cc1. The molecular weight excluding hydrogens is 410 g/mol. The first kappa shape index (κ1) is 19.9. The van der Waals surface area contributed by atoms with Crippen LogP contribution in [0.4, 0.5) is 37.7 Å². The Kier molecular flexibility index (Phi) is 4.71. The highest BCUT2D eigenvalue weighted by Gasteiger charge is 2.38. The molecule has 3 aromatic rings. The summed E-state index contributed by atoms with van der Waals surface area (Å²) in [6, 6.07) is 5.24. The van der Waals surface area contributed by atoms with Crippen LogP contribution in [-0.4, -0.2) is 15.2 Å². The molecule has 2 aromatic heterocycles. The van der Waals surface area contributed by atoms with Crippen LogP contribution in [0.1, 0.15) is 28.4 Å². The van der Waals surface area contributed by atoms with Gasteiger partial charge in [-0.25, -0.2) is 0 Å². The van der Waals surface area contributed by atoms with Crippen molar-refractivity contribution in [2.45, 2.75) is 18.4 Å². The van der Waals surface area contributed by atoms with Gasteiger partial charge in [-0.15, -0.1) is 0 Å². The number of fused-ring (bicyclic) bond motifs is 1. The van der Waals surface area contributed by atoms with Gasteiger partial charge in [-0.1, -0.05) is 12.2 Å². The Morgan fingerprint density at radius 3 is 2.20 bits per heavy atom. The smallest absolute Gasteiger partial charge is 0.327 e. The van der Waals surface area contributed by atoms with Gasteiger partial charge in [0.05, 0.1) is 40.9 Å². The van der Waals surface area contributed by atoms with Crippen LogP contribution in [0.15, 0.2) is 61.1 Å². The summed E-state index contributed by atoms with van der Waals surface area (Å²) in [5, 5.41) is 7.54. The summed E-state index contributed by atoms with van der Waals surface area (Å²) in [7, 11) is 0. The van der Waals surface area contributed by atoms with E-state index < -0.39 is 29.5 Å². The Hall–Kier alpha value is -3.43. The number of halogens is 6. The van der Waals surface area contributed by atoms with Gasteiger partial charge < -0.3 is 4.90 Å². The molecule has 154 valence electrons. The first-order valence-corrected chi connectivity index (χ1v) is 8.64. The topological polar surface area (TPSA) is 41.9 Å². The summed E-state index contributed by atoms with van der Waals surface area (Å²) < 4.78 is 79.6. The highest BCUT2D eigenvalue weighted by atomic mass is 19.4. The van der Waals surface area contributed by atoms with Gasteiger partial charge >= 0.3 is 12.4 Å². The Morgan fingerprint density at radius 1 is 0.833 bits per heavy atom. The summed E-state index contributed by atoms with van der Waals surface area (Å²) >= 11 is 0. The van der Waals surface area contributed by atoms with E-state index in [1.165, 1.54) is 47.8 Å². The lowest BCUT2D eigenvalue weighted by Crippen LogP contribution is -2.28. The van der Waals surface area contributed by atoms with E-state index in [0.717, 1.165) is 18.2 Å². The molecule has 0 bridgehead atoms. The zero-order valence-electron chi connectivity index (χ0n) is 15.0. The van der Waals surface area contributed by atoms with Crippen LogP contribution in [-0.2, 0) is 12.4 Å². The molecule has 0 aliphatic carbocycles. The average Bonchev–Trinajstić information content (AvgIpc) is 2.72. The lowest BCUT2D eigenvalue weighted by Gasteiger charge is -2.36. The standard InChI is InChI=1S/C20H12F6N4/c21-19(22,23)13-4-6-14(7-5-13)30-16(8-3-12-10-28-29-11-17(12)30)18-15(20(24,25)26)2-1-9-27-18/h1-11,16H. The Bertz CT molecular complexity index is 1090. The van der Waals surface area contributed by atoms with Crippen LogP contribution in [0, 0.1) is 0 Å². The second kappa shape index (κ2) is 7.12. The minimum absolute atomic E-state index is 0.255. The molecule has 1 aliphatic heterocycles. The van der Waals surface area contributed by atoms with Crippen LogP contribution in [0.3, 0.4) is 0 Å². The van der Waals surface area contributed by atoms with E-state index in [1.807, 2.05) is 0 Å². The summed E-state index contributed by atoms with van der Waals surface area (Å²) in [6.45, 7) is 0. The van der Waals surface area contributed by atoms with Crippen molar-refractivity contribution in [2.24, 2.45) is 0 Å². The number of aromatic nitrogens is 3. The monoisotopic (exact) mass is 422 g/mol. The quantitative estimate of drug-likeness (QED) is 0.489. The molecule has 0 fully saturated rings. The van der Waals surface area contributed by atoms with Crippen molar-refractivity contribution in [1.82, 2.24) is 15.2 Å². The van der Waals surface area contributed by atoms with Crippen molar-refractivity contribution < 1.29 is 26.3 Å². The van der Waals surface area contributed by atoms with Gasteiger partial charge in [-0.2, -0.15) is 36.5 Å². The molecule has 0 N–H and O–H groups in total. The molecule has 0 amide bonds. The zero-order valence-corrected chi connectivity index (χ0v) is 15.0. The van der Waals surface area contributed by atoms with Gasteiger partial charge in [0.2, 0.25) is 0 Å². The third-order valence-corrected chi connectivity index (χ3v) is 4.63. The molecule has 0 saturated heterocycles. The van der Waals surface area contributed by atoms with Gasteiger partial charge in [-0.3, -0.25) is 4.98 Å². The lowest BCUT2D eigenvalue weighted by atomic mass is 9.98. The fourth-order valence-corrected chi connectivity index (χ4v) is 3.30. The number of pyridine rings is 1. The Balaban J connectivity index is 1.88. The first-order chi connectivity index (χ1) is 14.2. The predicted octanol–water partition coefficient (Wildman–Crippen LogP) is 5.82. The lowest BCUT2D eigenvalue weighted by molar-refractivity contribution is -0.139. The van der Waals surface area contributed by atoms with E-state index in [9.17, 15) is 26.3 Å². The van der Waals surface area contributed by atoms with Gasteiger partial charge in [0, 0.05) is 17.4 Å². The van der Waals surface area contributed by atoms with Crippen molar-refractivity contribution >= 4 is 17.5 Å². The maximum atomic E-state index is 13.6. The molecule has 0 saturated carbocycles. The maximum Gasteiger partial charge on any atom is 0.418 e. The van der Waals surface area contributed by atoms with Gasteiger partial charge in [0.25, 0.3) is 0 Å². The minimum atomic E-state index is -4.65. The first-order valence-electron chi connectivity index (χ1n) is 8.64. The summed E-state index contributed by atoms with van der Waals surface area (Å²) in [5.74, 6) is 0. The molecule has 4 nitrogen and oxygen atoms in total. The maximum absolute atomic E-state index is 13.6. The molecule has 1 aromatic carbocycles. The molecule has 0 radical (unpaired) electrons. The number of rotatable bonds is 2. The largest absolute Gasteiger partial charge is 0.418 e. The molecule has 10 heteroatoms. The van der Waals surface area contributed by atoms with Crippen LogP contribution in [0.2, 0.25) is 0 Å². The number of nitrogens with zero attached hydrogens (tertiary/aromatic N) is 4. The average molecular weight is 422 g/mol. The van der Waals surface area contributed by atoms with Gasteiger partial charge in [-0.05, 0) is 36.4 Å². The van der Waals surface area contributed by atoms with E-state index >= 15 is 0 Å². The fraction of sp³-hybridized carbons (Fsp3) is 0.150. The third kappa shape index (κ3) is 3.60. The van der Waals surface area contributed by atoms with Crippen molar-refractivity contribution in [1.29, 1.82) is 0 Å². The summed E-state index contributed by atoms with van der Waals surface area (Å²) in [5.41, 5.74) is -0.852. The molecule has 30 heavy (non-hydrogen) atoms. The molecule has 1 aliphatic rings. The van der Waals surface area contributed by atoms with Gasteiger partial charge in [0.1, 0.15) is 0 Å². The molecule has 0 spiro atoms. The second-order valence-electron chi connectivity index (χ2n) is 6.48. The molecule has 3 heterocycles. The zero-order chi connectivity index (χ0) is 21.5. The summed E-state index contributed by atoms with van der Waals surface area (Å²) in [4.78, 5) is 5.41. The van der Waals surface area contributed by atoms with E-state index in [1.54, 1.807) is 6.08 Å². The van der Waals surface area contributed by atoms with Crippen LogP contribution >= 0.6 is 0 Å². The molecule has 1 unspecified atom stereocenters. The molecular formula is C20H12F6N4. The summed E-state index contributed by atoms with van der Waals surface area (Å²) in [6.07, 6.45) is -2.09. The van der Waals surface area contributed by atoms with Crippen molar-refractivity contribution in [3.8, 4) is 0 Å². The molecule has 1 atom stereocenters. The normalized spacial score (nSPS) is 16.5. The minimum Gasteiger partial charge on any atom is -0.327 e. The van der Waals surface area contributed by atoms with Crippen LogP contribution in [0.25, 0.3) is 6.08 Å². The number of alkyl halides is 6. The van der Waals surface area contributed by atoms with E-state index in [0.29, 0.717) is 11.3 Å².